The van der Waals surface area contributed by atoms with Crippen molar-refractivity contribution in [2.45, 2.75) is 64.5 Å². The summed E-state index contributed by atoms with van der Waals surface area (Å²) in [6.45, 7) is 10.8. The predicted molar refractivity (Wildman–Crippen MR) is 106 cm³/mol. The molecule has 156 valence electrons. The molecule has 1 heterocycles. The van der Waals surface area contributed by atoms with Crippen molar-refractivity contribution in [1.29, 1.82) is 0 Å². The predicted octanol–water partition coefficient (Wildman–Crippen LogP) is 3.45. The molecule has 1 aromatic rings. The Morgan fingerprint density at radius 3 is 2.14 bits per heavy atom. The number of piperidine rings is 1. The zero-order chi connectivity index (χ0) is 21.5. The number of carbonyl (C=O) groups excluding carboxylic acids is 2. The van der Waals surface area contributed by atoms with E-state index < -0.39 is 42.8 Å². The number of halogens is 2. The minimum Gasteiger partial charge on any atom is -0.444 e. The Labute approximate surface area is 165 Å². The van der Waals surface area contributed by atoms with Crippen LogP contribution in [0.1, 0.15) is 44.0 Å². The summed E-state index contributed by atoms with van der Waals surface area (Å²) in [7, 11) is -2.38. The standard InChI is InChI=1S/C20H29F2NO4Si/c1-19(2,3)27-18(25)23-11-9-20(26,10-12-23)17(24)13-7-8-14(21)16(15(13)22)28(4,5)6/h7-8,26H,9-12H2,1-6H3. The van der Waals surface area contributed by atoms with E-state index in [0.717, 1.165) is 12.1 Å². The summed E-state index contributed by atoms with van der Waals surface area (Å²) in [4.78, 5) is 26.5. The number of benzene rings is 1. The molecule has 1 amide bonds. The Kier molecular flexibility index (Phi) is 6.06. The molecule has 0 saturated carbocycles. The number of Topliss-reactive ketones (excluding diaryl/α,β-unsaturated/α-hetero) is 1. The Hall–Kier alpha value is -1.80. The monoisotopic (exact) mass is 413 g/mol. The van der Waals surface area contributed by atoms with E-state index in [9.17, 15) is 23.5 Å². The van der Waals surface area contributed by atoms with Gasteiger partial charge in [0.25, 0.3) is 0 Å². The maximum absolute atomic E-state index is 15.0. The van der Waals surface area contributed by atoms with E-state index in [1.54, 1.807) is 40.4 Å². The molecular formula is C20H29F2NO4Si. The van der Waals surface area contributed by atoms with Crippen molar-refractivity contribution < 1.29 is 28.2 Å². The smallest absolute Gasteiger partial charge is 0.410 e. The van der Waals surface area contributed by atoms with Gasteiger partial charge in [-0.05, 0) is 32.9 Å². The lowest BCUT2D eigenvalue weighted by Crippen LogP contribution is -2.52. The number of aliphatic hydroxyl groups is 1. The first-order chi connectivity index (χ1) is 12.7. The molecule has 1 aromatic carbocycles. The van der Waals surface area contributed by atoms with Crippen LogP contribution in [0, 0.1) is 11.6 Å². The lowest BCUT2D eigenvalue weighted by atomic mass is 9.84. The summed E-state index contributed by atoms with van der Waals surface area (Å²) in [6, 6.07) is 2.18. The van der Waals surface area contributed by atoms with Crippen molar-refractivity contribution in [1.82, 2.24) is 4.90 Å². The van der Waals surface area contributed by atoms with Gasteiger partial charge in [0.15, 0.2) is 5.78 Å². The molecule has 1 fully saturated rings. The van der Waals surface area contributed by atoms with Gasteiger partial charge in [-0.2, -0.15) is 0 Å². The van der Waals surface area contributed by atoms with Crippen LogP contribution >= 0.6 is 0 Å². The third-order valence-corrected chi connectivity index (χ3v) is 6.71. The number of rotatable bonds is 3. The Bertz CT molecular complexity index is 776. The summed E-state index contributed by atoms with van der Waals surface area (Å²) in [5.74, 6) is -2.32. The molecule has 0 unspecified atom stereocenters. The van der Waals surface area contributed by atoms with Crippen LogP contribution in [0.5, 0.6) is 0 Å². The molecule has 0 radical (unpaired) electrons. The Balaban J connectivity index is 2.21. The molecule has 5 nitrogen and oxygen atoms in total. The second-order valence-corrected chi connectivity index (χ2v) is 14.4. The van der Waals surface area contributed by atoms with Gasteiger partial charge in [0, 0.05) is 31.1 Å². The van der Waals surface area contributed by atoms with E-state index >= 15 is 0 Å². The molecule has 0 aromatic heterocycles. The van der Waals surface area contributed by atoms with Crippen LogP contribution in [0.4, 0.5) is 13.6 Å². The number of hydrogen-bond donors (Lipinski definition) is 1. The molecule has 0 atom stereocenters. The largest absolute Gasteiger partial charge is 0.444 e. The fourth-order valence-corrected chi connectivity index (χ4v) is 4.87. The van der Waals surface area contributed by atoms with E-state index in [1.807, 2.05) is 0 Å². The number of ether oxygens (including phenoxy) is 1. The summed E-state index contributed by atoms with van der Waals surface area (Å²) in [5, 5.41) is 10.8. The fraction of sp³-hybridized carbons (Fsp3) is 0.600. The fourth-order valence-electron chi connectivity index (χ4n) is 3.28. The first-order valence-electron chi connectivity index (χ1n) is 9.39. The highest BCUT2D eigenvalue weighted by Gasteiger charge is 2.43. The molecule has 1 aliphatic heterocycles. The second-order valence-electron chi connectivity index (χ2n) is 9.36. The van der Waals surface area contributed by atoms with Crippen molar-refractivity contribution in [3.05, 3.63) is 29.3 Å². The molecule has 1 saturated heterocycles. The van der Waals surface area contributed by atoms with Crippen molar-refractivity contribution >= 4 is 25.1 Å². The van der Waals surface area contributed by atoms with Crippen LogP contribution in [0.15, 0.2) is 12.1 Å². The van der Waals surface area contributed by atoms with Crippen LogP contribution in [0.3, 0.4) is 0 Å². The Morgan fingerprint density at radius 2 is 1.68 bits per heavy atom. The van der Waals surface area contributed by atoms with Gasteiger partial charge in [-0.25, -0.2) is 13.6 Å². The van der Waals surface area contributed by atoms with Gasteiger partial charge >= 0.3 is 6.09 Å². The average Bonchev–Trinajstić information content (AvgIpc) is 2.52. The minimum atomic E-state index is -2.38. The summed E-state index contributed by atoms with van der Waals surface area (Å²) >= 11 is 0. The molecule has 0 spiro atoms. The number of nitrogens with zero attached hydrogens (tertiary/aromatic N) is 1. The van der Waals surface area contributed by atoms with Crippen molar-refractivity contribution in [3.63, 3.8) is 0 Å². The first kappa shape index (κ1) is 22.5. The van der Waals surface area contributed by atoms with Gasteiger partial charge in [-0.15, -0.1) is 0 Å². The summed E-state index contributed by atoms with van der Waals surface area (Å²) < 4.78 is 34.4. The Morgan fingerprint density at radius 1 is 1.14 bits per heavy atom. The third kappa shape index (κ3) is 4.78. The van der Waals surface area contributed by atoms with Crippen molar-refractivity contribution in [3.8, 4) is 0 Å². The van der Waals surface area contributed by atoms with Gasteiger partial charge in [-0.1, -0.05) is 19.6 Å². The highest BCUT2D eigenvalue weighted by atomic mass is 28.3. The van der Waals surface area contributed by atoms with Crippen LogP contribution in [0.2, 0.25) is 19.6 Å². The van der Waals surface area contributed by atoms with Crippen molar-refractivity contribution in [2.24, 2.45) is 0 Å². The maximum Gasteiger partial charge on any atom is 0.410 e. The van der Waals surface area contributed by atoms with Gasteiger partial charge in [0.05, 0.1) is 13.6 Å². The van der Waals surface area contributed by atoms with Crippen LogP contribution in [-0.4, -0.2) is 54.2 Å². The van der Waals surface area contributed by atoms with E-state index in [0.29, 0.717) is 0 Å². The van der Waals surface area contributed by atoms with E-state index in [2.05, 4.69) is 0 Å². The number of hydrogen-bond acceptors (Lipinski definition) is 4. The number of ketones is 1. The lowest BCUT2D eigenvalue weighted by molar-refractivity contribution is -0.0201. The van der Waals surface area contributed by atoms with Gasteiger partial charge < -0.3 is 14.7 Å². The van der Waals surface area contributed by atoms with Crippen LogP contribution < -0.4 is 5.19 Å². The number of likely N-dealkylation sites (tertiary alicyclic amines) is 1. The van der Waals surface area contributed by atoms with Crippen LogP contribution in [-0.2, 0) is 4.74 Å². The van der Waals surface area contributed by atoms with Gasteiger partial charge in [0.2, 0.25) is 0 Å². The van der Waals surface area contributed by atoms with E-state index in [-0.39, 0.29) is 36.7 Å². The molecular weight excluding hydrogens is 384 g/mol. The van der Waals surface area contributed by atoms with Crippen LogP contribution in [0.25, 0.3) is 0 Å². The number of amides is 1. The van der Waals surface area contributed by atoms with Gasteiger partial charge in [-0.3, -0.25) is 4.79 Å². The lowest BCUT2D eigenvalue weighted by Gasteiger charge is -2.37. The normalized spacial score (nSPS) is 17.4. The quantitative estimate of drug-likeness (QED) is 0.609. The van der Waals surface area contributed by atoms with Crippen molar-refractivity contribution in [2.75, 3.05) is 13.1 Å². The summed E-state index contributed by atoms with van der Waals surface area (Å²) in [5.41, 5.74) is -2.74. The number of carbonyl (C=O) groups is 2. The zero-order valence-electron chi connectivity index (χ0n) is 17.4. The topological polar surface area (TPSA) is 66.8 Å². The highest BCUT2D eigenvalue weighted by Crippen LogP contribution is 2.29. The molecule has 0 bridgehead atoms. The third-order valence-electron chi connectivity index (χ3n) is 4.75. The zero-order valence-corrected chi connectivity index (χ0v) is 18.4. The van der Waals surface area contributed by atoms with E-state index in [1.165, 1.54) is 4.90 Å². The first-order valence-corrected chi connectivity index (χ1v) is 12.9. The van der Waals surface area contributed by atoms with E-state index in [4.69, 9.17) is 4.74 Å². The molecule has 1 aliphatic rings. The SMILES string of the molecule is CC(C)(C)OC(=O)N1CCC(O)(C(=O)c2ccc(F)c([Si](C)(C)C)c2F)CC1. The molecule has 0 aliphatic carbocycles. The second kappa shape index (κ2) is 7.55. The van der Waals surface area contributed by atoms with Gasteiger partial charge in [0.1, 0.15) is 22.8 Å². The minimum absolute atomic E-state index is 0.0375. The summed E-state index contributed by atoms with van der Waals surface area (Å²) in [6.07, 6.45) is -0.593. The molecule has 28 heavy (non-hydrogen) atoms. The highest BCUT2D eigenvalue weighted by molar-refractivity contribution is 6.88. The maximum atomic E-state index is 15.0. The average molecular weight is 414 g/mol. The molecule has 1 N–H and O–H groups in total. The molecule has 2 rings (SSSR count). The molecule has 8 heteroatoms.